The van der Waals surface area contributed by atoms with E-state index in [-0.39, 0.29) is 4.90 Å². The largest absolute Gasteiger partial charge is 0.365 e. The lowest BCUT2D eigenvalue weighted by Crippen LogP contribution is -2.47. The van der Waals surface area contributed by atoms with Gasteiger partial charge in [0.1, 0.15) is 12.1 Å². The van der Waals surface area contributed by atoms with Gasteiger partial charge in [-0.25, -0.2) is 22.4 Å². The van der Waals surface area contributed by atoms with Gasteiger partial charge in [0.05, 0.1) is 10.3 Å². The van der Waals surface area contributed by atoms with Crippen molar-refractivity contribution in [2.24, 2.45) is 0 Å². The van der Waals surface area contributed by atoms with Crippen LogP contribution in [0.3, 0.4) is 0 Å². The van der Waals surface area contributed by atoms with Crippen molar-refractivity contribution in [3.63, 3.8) is 0 Å². The average molecular weight is 398 g/mol. The Morgan fingerprint density at radius 1 is 1.07 bits per heavy atom. The molecule has 0 amide bonds. The first kappa shape index (κ1) is 17.6. The minimum absolute atomic E-state index is 0.247. The van der Waals surface area contributed by atoms with Gasteiger partial charge in [0.2, 0.25) is 0 Å². The number of nitrogens with one attached hydrogen (secondary N) is 2. The number of piperidine rings is 1. The van der Waals surface area contributed by atoms with Crippen LogP contribution in [0.5, 0.6) is 0 Å². The Bertz CT molecular complexity index is 1120. The first-order valence-electron chi connectivity index (χ1n) is 9.69. The Hall–Kier alpha value is -2.45. The van der Waals surface area contributed by atoms with Gasteiger partial charge in [0, 0.05) is 24.3 Å². The predicted octanol–water partition coefficient (Wildman–Crippen LogP) is 2.67. The number of hydrogen-bond acceptors (Lipinski definition) is 6. The van der Waals surface area contributed by atoms with Crippen LogP contribution in [0.15, 0.2) is 47.8 Å². The molecule has 2 aliphatic heterocycles. The molecule has 2 aliphatic rings. The second-order valence-electron chi connectivity index (χ2n) is 7.76. The van der Waals surface area contributed by atoms with E-state index in [1.165, 1.54) is 23.1 Å². The van der Waals surface area contributed by atoms with Gasteiger partial charge in [0.25, 0.3) is 10.0 Å². The zero-order valence-corrected chi connectivity index (χ0v) is 16.5. The molecule has 2 saturated heterocycles. The molecule has 0 aliphatic carbocycles. The third-order valence-corrected chi connectivity index (χ3v) is 7.62. The summed E-state index contributed by atoms with van der Waals surface area (Å²) in [6.45, 7) is 1.93. The van der Waals surface area contributed by atoms with Crippen LogP contribution in [0.1, 0.15) is 31.2 Å². The second-order valence-corrected chi connectivity index (χ2v) is 9.58. The smallest absolute Gasteiger partial charge is 0.269 e. The van der Waals surface area contributed by atoms with Crippen LogP contribution >= 0.6 is 0 Å². The van der Waals surface area contributed by atoms with E-state index in [0.717, 1.165) is 23.8 Å². The van der Waals surface area contributed by atoms with Crippen molar-refractivity contribution in [2.75, 3.05) is 5.32 Å². The van der Waals surface area contributed by atoms with Gasteiger partial charge >= 0.3 is 0 Å². The number of aromatic nitrogens is 3. The zero-order valence-electron chi connectivity index (χ0n) is 15.7. The van der Waals surface area contributed by atoms with E-state index < -0.39 is 10.0 Å². The first-order chi connectivity index (χ1) is 13.5. The number of anilines is 1. The molecule has 5 rings (SSSR count). The Kier molecular flexibility index (Phi) is 4.13. The highest BCUT2D eigenvalue weighted by molar-refractivity contribution is 7.90. The standard InChI is InChI=1S/C20H23N5O2S/c1-13-2-6-15(7-3-13)28(26,27)25-11-10-16-19(21-12-22-20(16)25)24-18-9-5-14-4-8-17(18)23-14/h2-3,6-7,10-12,14,17-18,23H,4-5,8-9H2,1H3,(H,21,22,24)/t14-,17+,18-/m1/s1. The maximum atomic E-state index is 13.1. The molecule has 2 aromatic heterocycles. The molecule has 4 heterocycles. The van der Waals surface area contributed by atoms with Crippen molar-refractivity contribution in [3.05, 3.63) is 48.4 Å². The van der Waals surface area contributed by atoms with Crippen molar-refractivity contribution in [2.45, 2.75) is 55.6 Å². The summed E-state index contributed by atoms with van der Waals surface area (Å²) in [5.41, 5.74) is 1.41. The number of fused-ring (bicyclic) bond motifs is 3. The van der Waals surface area contributed by atoms with Crippen molar-refractivity contribution < 1.29 is 8.42 Å². The number of nitrogens with zero attached hydrogens (tertiary/aromatic N) is 3. The molecule has 0 unspecified atom stereocenters. The highest BCUT2D eigenvalue weighted by Gasteiger charge is 2.35. The fourth-order valence-electron chi connectivity index (χ4n) is 4.39. The molecular formula is C20H23N5O2S. The zero-order chi connectivity index (χ0) is 19.3. The summed E-state index contributed by atoms with van der Waals surface area (Å²) in [4.78, 5) is 8.92. The molecule has 3 aromatic rings. The molecular weight excluding hydrogens is 374 g/mol. The van der Waals surface area contributed by atoms with E-state index in [1.54, 1.807) is 36.5 Å². The Morgan fingerprint density at radius 3 is 2.68 bits per heavy atom. The molecule has 0 spiro atoms. The topological polar surface area (TPSA) is 88.9 Å². The van der Waals surface area contributed by atoms with E-state index >= 15 is 0 Å². The molecule has 3 atom stereocenters. The van der Waals surface area contributed by atoms with Crippen molar-refractivity contribution in [3.8, 4) is 0 Å². The Balaban J connectivity index is 1.51. The van der Waals surface area contributed by atoms with Gasteiger partial charge in [0.15, 0.2) is 5.65 Å². The number of rotatable bonds is 4. The van der Waals surface area contributed by atoms with Crippen LogP contribution in [0.2, 0.25) is 0 Å². The van der Waals surface area contributed by atoms with Crippen LogP contribution in [-0.2, 0) is 10.0 Å². The van der Waals surface area contributed by atoms with Crippen LogP contribution in [0.25, 0.3) is 11.0 Å². The van der Waals surface area contributed by atoms with Gasteiger partial charge < -0.3 is 10.6 Å². The minimum Gasteiger partial charge on any atom is -0.365 e. The van der Waals surface area contributed by atoms with Crippen molar-refractivity contribution >= 4 is 26.9 Å². The summed E-state index contributed by atoms with van der Waals surface area (Å²) >= 11 is 0. The first-order valence-corrected chi connectivity index (χ1v) is 11.1. The molecule has 2 N–H and O–H groups in total. The maximum absolute atomic E-state index is 13.1. The van der Waals surface area contributed by atoms with Crippen molar-refractivity contribution in [1.29, 1.82) is 0 Å². The summed E-state index contributed by atoms with van der Waals surface area (Å²) in [5.74, 6) is 0.694. The molecule has 0 saturated carbocycles. The molecule has 1 aromatic carbocycles. The second kappa shape index (κ2) is 6.56. The molecule has 28 heavy (non-hydrogen) atoms. The summed E-state index contributed by atoms with van der Waals surface area (Å²) < 4.78 is 27.4. The maximum Gasteiger partial charge on any atom is 0.269 e. The van der Waals surface area contributed by atoms with E-state index in [4.69, 9.17) is 0 Å². The lowest BCUT2D eigenvalue weighted by molar-refractivity contribution is 0.375. The van der Waals surface area contributed by atoms with E-state index in [9.17, 15) is 8.42 Å². The normalized spacial score (nSPS) is 24.5. The average Bonchev–Trinajstić information content (AvgIpc) is 3.30. The molecule has 146 valence electrons. The van der Waals surface area contributed by atoms with Crippen molar-refractivity contribution in [1.82, 2.24) is 19.3 Å². The van der Waals surface area contributed by atoms with E-state index in [0.29, 0.717) is 29.6 Å². The highest BCUT2D eigenvalue weighted by atomic mass is 32.2. The number of hydrogen-bond donors (Lipinski definition) is 2. The van der Waals surface area contributed by atoms with Crippen LogP contribution < -0.4 is 10.6 Å². The third-order valence-electron chi connectivity index (χ3n) is 5.94. The third kappa shape index (κ3) is 2.87. The fraction of sp³-hybridized carbons (Fsp3) is 0.400. The summed E-state index contributed by atoms with van der Waals surface area (Å²) in [5, 5.41) is 7.92. The SMILES string of the molecule is Cc1ccc(S(=O)(=O)n2ccc3c(N[C@@H]4CC[C@H]5CC[C@@H]4N5)ncnc32)cc1. The number of aryl methyl sites for hydroxylation is 1. The van der Waals surface area contributed by atoms with E-state index in [1.807, 2.05) is 6.92 Å². The summed E-state index contributed by atoms with van der Waals surface area (Å²) in [6, 6.07) is 10.0. The molecule has 2 fully saturated rings. The lowest BCUT2D eigenvalue weighted by atomic mass is 10.00. The summed E-state index contributed by atoms with van der Waals surface area (Å²) in [7, 11) is -3.71. The lowest BCUT2D eigenvalue weighted by Gasteiger charge is -2.31. The van der Waals surface area contributed by atoms with Crippen LogP contribution in [-0.4, -0.2) is 40.5 Å². The van der Waals surface area contributed by atoms with Gasteiger partial charge in [-0.05, 0) is 50.8 Å². The Labute approximate surface area is 164 Å². The predicted molar refractivity (Wildman–Crippen MR) is 108 cm³/mol. The molecule has 8 heteroatoms. The molecule has 7 nitrogen and oxygen atoms in total. The van der Waals surface area contributed by atoms with Gasteiger partial charge in [-0.3, -0.25) is 0 Å². The minimum atomic E-state index is -3.71. The molecule has 0 radical (unpaired) electrons. The fourth-order valence-corrected chi connectivity index (χ4v) is 5.69. The van der Waals surface area contributed by atoms with Gasteiger partial charge in [-0.2, -0.15) is 0 Å². The monoisotopic (exact) mass is 397 g/mol. The quantitative estimate of drug-likeness (QED) is 0.704. The number of benzene rings is 1. The van der Waals surface area contributed by atoms with Crippen LogP contribution in [0, 0.1) is 6.92 Å². The highest BCUT2D eigenvalue weighted by Crippen LogP contribution is 2.31. The summed E-state index contributed by atoms with van der Waals surface area (Å²) in [6.07, 6.45) is 7.64. The van der Waals surface area contributed by atoms with Gasteiger partial charge in [-0.1, -0.05) is 17.7 Å². The van der Waals surface area contributed by atoms with Gasteiger partial charge in [-0.15, -0.1) is 0 Å². The molecule has 2 bridgehead atoms. The van der Waals surface area contributed by atoms with E-state index in [2.05, 4.69) is 20.6 Å². The Morgan fingerprint density at radius 2 is 1.86 bits per heavy atom. The van der Waals surface area contributed by atoms with Crippen LogP contribution in [0.4, 0.5) is 5.82 Å².